The summed E-state index contributed by atoms with van der Waals surface area (Å²) in [5, 5.41) is 4.11. The Morgan fingerprint density at radius 3 is 2.68 bits per heavy atom. The molecule has 0 aliphatic rings. The number of nitrogens with one attached hydrogen (secondary N) is 2. The number of amides is 1. The van der Waals surface area contributed by atoms with E-state index >= 15 is 0 Å². The van der Waals surface area contributed by atoms with Gasteiger partial charge in [0.05, 0.1) is 5.52 Å². The van der Waals surface area contributed by atoms with Gasteiger partial charge in [-0.05, 0) is 53.4 Å². The molecule has 1 aromatic heterocycles. The maximum absolute atomic E-state index is 12.1. The summed E-state index contributed by atoms with van der Waals surface area (Å²) in [5.74, 6) is 0. The summed E-state index contributed by atoms with van der Waals surface area (Å²) in [4.78, 5) is 15.4. The number of halogens is 1. The number of para-hydroxylation sites is 1. The van der Waals surface area contributed by atoms with Crippen LogP contribution in [0.25, 0.3) is 10.9 Å². The highest BCUT2D eigenvalue weighted by Gasteiger charge is 2.23. The van der Waals surface area contributed by atoms with Crippen molar-refractivity contribution >= 4 is 32.9 Å². The van der Waals surface area contributed by atoms with E-state index in [0.29, 0.717) is 6.42 Å². The normalized spacial score (nSPS) is 11.5. The Morgan fingerprint density at radius 1 is 1.16 bits per heavy atom. The summed E-state index contributed by atoms with van der Waals surface area (Å²) in [6.07, 6.45) is 2.28. The van der Waals surface area contributed by atoms with Crippen LogP contribution in [0.4, 0.5) is 4.79 Å². The Bertz CT molecular complexity index is 872. The van der Waals surface area contributed by atoms with E-state index in [1.54, 1.807) is 0 Å². The molecule has 0 saturated carbocycles. The minimum Gasteiger partial charge on any atom is -0.445 e. The minimum absolute atomic E-state index is 0.267. The van der Waals surface area contributed by atoms with E-state index in [0.717, 1.165) is 26.5 Å². The second-order valence-corrected chi connectivity index (χ2v) is 7.58. The first-order chi connectivity index (χ1) is 11.9. The Labute approximate surface area is 155 Å². The number of carbonyl (C=O) groups is 1. The van der Waals surface area contributed by atoms with Crippen LogP contribution in [0, 0.1) is 0 Å². The summed E-state index contributed by atoms with van der Waals surface area (Å²) in [6, 6.07) is 15.8. The highest BCUT2D eigenvalue weighted by atomic mass is 79.9. The Kier molecular flexibility index (Phi) is 5.13. The van der Waals surface area contributed by atoms with Crippen LogP contribution in [0.1, 0.15) is 25.0 Å². The average molecular weight is 401 g/mol. The molecule has 0 atom stereocenters. The Balaban J connectivity index is 1.63. The van der Waals surface area contributed by atoms with Gasteiger partial charge in [0.2, 0.25) is 0 Å². The molecule has 0 aliphatic heterocycles. The Morgan fingerprint density at radius 2 is 1.92 bits per heavy atom. The molecule has 1 heterocycles. The molecule has 0 fully saturated rings. The predicted molar refractivity (Wildman–Crippen MR) is 104 cm³/mol. The first kappa shape index (κ1) is 17.5. The Hall–Kier alpha value is -2.27. The molecule has 0 bridgehead atoms. The smallest absolute Gasteiger partial charge is 0.407 e. The van der Waals surface area contributed by atoms with Crippen molar-refractivity contribution < 1.29 is 9.53 Å². The van der Waals surface area contributed by atoms with Crippen molar-refractivity contribution in [2.75, 3.05) is 0 Å². The summed E-state index contributed by atoms with van der Waals surface area (Å²) in [7, 11) is 0. The number of aromatic amines is 1. The van der Waals surface area contributed by atoms with Crippen LogP contribution in [0.3, 0.4) is 0 Å². The molecule has 130 valence electrons. The molecule has 2 aromatic carbocycles. The van der Waals surface area contributed by atoms with Crippen LogP contribution >= 0.6 is 15.9 Å². The van der Waals surface area contributed by atoms with Gasteiger partial charge in [0.1, 0.15) is 6.61 Å². The molecule has 0 spiro atoms. The van der Waals surface area contributed by atoms with E-state index in [1.807, 2.05) is 62.5 Å². The van der Waals surface area contributed by atoms with E-state index in [2.05, 4.69) is 32.3 Å². The van der Waals surface area contributed by atoms with Crippen molar-refractivity contribution in [2.24, 2.45) is 0 Å². The zero-order valence-electron chi connectivity index (χ0n) is 14.3. The van der Waals surface area contributed by atoms with Crippen LogP contribution in [-0.4, -0.2) is 16.6 Å². The summed E-state index contributed by atoms with van der Waals surface area (Å²) < 4.78 is 6.36. The number of hydrogen-bond donors (Lipinski definition) is 2. The van der Waals surface area contributed by atoms with Crippen LogP contribution in [0.5, 0.6) is 0 Å². The van der Waals surface area contributed by atoms with E-state index in [4.69, 9.17) is 4.74 Å². The van der Waals surface area contributed by atoms with Crippen molar-refractivity contribution in [1.82, 2.24) is 10.3 Å². The van der Waals surface area contributed by atoms with E-state index < -0.39 is 11.6 Å². The van der Waals surface area contributed by atoms with Gasteiger partial charge in [-0.25, -0.2) is 4.79 Å². The number of rotatable bonds is 5. The fourth-order valence-corrected chi connectivity index (χ4v) is 3.36. The largest absolute Gasteiger partial charge is 0.445 e. The number of aromatic nitrogens is 1. The number of fused-ring (bicyclic) bond motifs is 1. The summed E-state index contributed by atoms with van der Waals surface area (Å²) >= 11 is 3.55. The van der Waals surface area contributed by atoms with Gasteiger partial charge in [0.25, 0.3) is 0 Å². The van der Waals surface area contributed by atoms with E-state index in [1.165, 1.54) is 0 Å². The molecule has 4 nitrogen and oxygen atoms in total. The fraction of sp³-hybridized carbons (Fsp3) is 0.250. The van der Waals surface area contributed by atoms with Gasteiger partial charge in [-0.1, -0.05) is 42.5 Å². The maximum atomic E-state index is 12.1. The van der Waals surface area contributed by atoms with Crippen LogP contribution in [-0.2, 0) is 17.8 Å². The van der Waals surface area contributed by atoms with Gasteiger partial charge in [0.15, 0.2) is 0 Å². The first-order valence-electron chi connectivity index (χ1n) is 8.18. The first-order valence-corrected chi connectivity index (χ1v) is 8.97. The number of ether oxygens (including phenoxy) is 1. The van der Waals surface area contributed by atoms with E-state index in [-0.39, 0.29) is 6.61 Å². The lowest BCUT2D eigenvalue weighted by atomic mass is 9.95. The van der Waals surface area contributed by atoms with Crippen LogP contribution < -0.4 is 5.32 Å². The van der Waals surface area contributed by atoms with Crippen LogP contribution in [0.15, 0.2) is 59.2 Å². The van der Waals surface area contributed by atoms with Crippen molar-refractivity contribution in [2.45, 2.75) is 32.4 Å². The molecule has 3 aromatic rings. The quantitative estimate of drug-likeness (QED) is 0.619. The van der Waals surface area contributed by atoms with Crippen molar-refractivity contribution in [3.05, 3.63) is 70.3 Å². The predicted octanol–water partition coefficient (Wildman–Crippen LogP) is 5.18. The number of benzene rings is 2. The number of H-pyrrole nitrogens is 1. The highest BCUT2D eigenvalue weighted by Crippen LogP contribution is 2.27. The molecule has 25 heavy (non-hydrogen) atoms. The molecular formula is C20H21BrN2O2. The average Bonchev–Trinajstić information content (AvgIpc) is 2.97. The molecule has 3 rings (SSSR count). The molecule has 5 heteroatoms. The molecule has 0 aliphatic carbocycles. The second-order valence-electron chi connectivity index (χ2n) is 6.72. The third-order valence-electron chi connectivity index (χ3n) is 4.04. The SMILES string of the molecule is CC(C)(Cc1c[nH]c2c(Br)cccc12)NC(=O)OCc1ccccc1. The lowest BCUT2D eigenvalue weighted by Crippen LogP contribution is -2.45. The maximum Gasteiger partial charge on any atom is 0.407 e. The topological polar surface area (TPSA) is 54.1 Å². The second kappa shape index (κ2) is 7.31. The zero-order valence-corrected chi connectivity index (χ0v) is 15.9. The minimum atomic E-state index is -0.425. The fourth-order valence-electron chi connectivity index (χ4n) is 2.88. The molecular weight excluding hydrogens is 380 g/mol. The number of carbonyl (C=O) groups excluding carboxylic acids is 1. The van der Waals surface area contributed by atoms with Crippen molar-refractivity contribution in [3.8, 4) is 0 Å². The van der Waals surface area contributed by atoms with Gasteiger partial charge in [-0.2, -0.15) is 0 Å². The van der Waals surface area contributed by atoms with Gasteiger partial charge in [0, 0.05) is 21.6 Å². The zero-order chi connectivity index (χ0) is 17.9. The number of alkyl carbamates (subject to hydrolysis) is 1. The lowest BCUT2D eigenvalue weighted by molar-refractivity contribution is 0.129. The molecule has 0 radical (unpaired) electrons. The van der Waals surface area contributed by atoms with Gasteiger partial charge >= 0.3 is 6.09 Å². The van der Waals surface area contributed by atoms with Gasteiger partial charge < -0.3 is 15.0 Å². The van der Waals surface area contributed by atoms with E-state index in [9.17, 15) is 4.79 Å². The van der Waals surface area contributed by atoms with Crippen molar-refractivity contribution in [1.29, 1.82) is 0 Å². The van der Waals surface area contributed by atoms with Crippen LogP contribution in [0.2, 0.25) is 0 Å². The van der Waals surface area contributed by atoms with Gasteiger partial charge in [-0.15, -0.1) is 0 Å². The molecule has 0 unspecified atom stereocenters. The monoisotopic (exact) mass is 400 g/mol. The standard InChI is InChI=1S/C20H21BrN2O2/c1-20(2,23-19(24)25-13-14-7-4-3-5-8-14)11-15-12-22-18-16(15)9-6-10-17(18)21/h3-10,12,22H,11,13H2,1-2H3,(H,23,24). The highest BCUT2D eigenvalue weighted by molar-refractivity contribution is 9.10. The third-order valence-corrected chi connectivity index (χ3v) is 4.70. The molecule has 2 N–H and O–H groups in total. The number of hydrogen-bond acceptors (Lipinski definition) is 2. The summed E-state index contributed by atoms with van der Waals surface area (Å²) in [5.41, 5.74) is 2.77. The van der Waals surface area contributed by atoms with Crippen molar-refractivity contribution in [3.63, 3.8) is 0 Å². The molecule has 1 amide bonds. The third kappa shape index (κ3) is 4.42. The lowest BCUT2D eigenvalue weighted by Gasteiger charge is -2.25. The molecule has 0 saturated heterocycles. The summed E-state index contributed by atoms with van der Waals surface area (Å²) in [6.45, 7) is 4.25. The van der Waals surface area contributed by atoms with Gasteiger partial charge in [-0.3, -0.25) is 0 Å².